The van der Waals surface area contributed by atoms with Crippen molar-refractivity contribution in [2.45, 2.75) is 45.2 Å². The van der Waals surface area contributed by atoms with Gasteiger partial charge in [-0.1, -0.05) is 23.2 Å². The number of rotatable bonds is 5. The van der Waals surface area contributed by atoms with E-state index in [2.05, 4.69) is 5.32 Å². The number of esters is 1. The fourth-order valence-electron chi connectivity index (χ4n) is 3.07. The highest BCUT2D eigenvalue weighted by Gasteiger charge is 2.29. The van der Waals surface area contributed by atoms with Gasteiger partial charge in [-0.25, -0.2) is 0 Å². The Balaban J connectivity index is 1.78. The van der Waals surface area contributed by atoms with Crippen LogP contribution < -0.4 is 5.32 Å². The smallest absolute Gasteiger partial charge is 0.325 e. The van der Waals surface area contributed by atoms with Crippen molar-refractivity contribution in [3.8, 4) is 0 Å². The third-order valence-electron chi connectivity index (χ3n) is 4.41. The first-order chi connectivity index (χ1) is 12.3. The quantitative estimate of drug-likeness (QED) is 0.770. The molecule has 2 rings (SSSR count). The lowest BCUT2D eigenvalue weighted by molar-refractivity contribution is -0.154. The van der Waals surface area contributed by atoms with Gasteiger partial charge in [-0.3, -0.25) is 14.4 Å². The molecule has 2 amide bonds. The molecule has 0 aromatic heterocycles. The van der Waals surface area contributed by atoms with Gasteiger partial charge in [-0.15, -0.1) is 0 Å². The Bertz CT molecular complexity index is 686. The van der Waals surface area contributed by atoms with Gasteiger partial charge in [0.1, 0.15) is 6.54 Å². The molecule has 0 radical (unpaired) electrons. The molecule has 1 aromatic carbocycles. The van der Waals surface area contributed by atoms with Crippen LogP contribution in [0.3, 0.4) is 0 Å². The molecule has 0 unspecified atom stereocenters. The molecular weight excluding hydrogens is 379 g/mol. The molecule has 0 bridgehead atoms. The van der Waals surface area contributed by atoms with Crippen LogP contribution in [0.25, 0.3) is 0 Å². The number of likely N-dealkylation sites (tertiary alicyclic amines) is 1. The summed E-state index contributed by atoms with van der Waals surface area (Å²) in [4.78, 5) is 37.8. The second-order valence-electron chi connectivity index (χ2n) is 6.40. The highest BCUT2D eigenvalue weighted by atomic mass is 35.5. The highest BCUT2D eigenvalue weighted by Crippen LogP contribution is 2.23. The Kier molecular flexibility index (Phi) is 7.29. The van der Waals surface area contributed by atoms with Gasteiger partial charge >= 0.3 is 5.97 Å². The summed E-state index contributed by atoms with van der Waals surface area (Å²) in [7, 11) is 0. The third kappa shape index (κ3) is 5.35. The van der Waals surface area contributed by atoms with E-state index in [4.69, 9.17) is 27.9 Å². The van der Waals surface area contributed by atoms with Crippen molar-refractivity contribution in [3.05, 3.63) is 33.8 Å². The summed E-state index contributed by atoms with van der Waals surface area (Å²) in [6, 6.07) is 4.68. The Morgan fingerprint density at radius 3 is 2.42 bits per heavy atom. The van der Waals surface area contributed by atoms with E-state index in [0.717, 1.165) is 19.3 Å². The van der Waals surface area contributed by atoms with Crippen LogP contribution in [0.2, 0.25) is 10.0 Å². The number of hydrogen-bond donors (Lipinski definition) is 1. The first-order valence-corrected chi connectivity index (χ1v) is 9.25. The molecule has 1 fully saturated rings. The van der Waals surface area contributed by atoms with Gasteiger partial charge in [0.2, 0.25) is 0 Å². The van der Waals surface area contributed by atoms with Crippen LogP contribution in [-0.4, -0.2) is 47.9 Å². The average Bonchev–Trinajstić information content (AvgIpc) is 2.60. The molecule has 0 spiro atoms. The lowest BCUT2D eigenvalue weighted by Gasteiger charge is -2.38. The van der Waals surface area contributed by atoms with Crippen molar-refractivity contribution in [1.29, 1.82) is 0 Å². The summed E-state index contributed by atoms with van der Waals surface area (Å²) < 4.78 is 4.99. The normalized spacial score (nSPS) is 19.8. The van der Waals surface area contributed by atoms with Crippen LogP contribution in [-0.2, 0) is 14.3 Å². The standard InChI is InChI=1S/C18H22Cl2N2O4/c1-11-4-3-5-12(2)22(11)16(23)10-26-17(24)9-21-18(25)13-6-7-14(19)15(20)8-13/h6-8,11-12H,3-5,9-10H2,1-2H3,(H,21,25)/t11-,12-/m1/s1. The minimum absolute atomic E-state index is 0.138. The molecule has 0 aliphatic carbocycles. The van der Waals surface area contributed by atoms with Crippen LogP contribution in [0.15, 0.2) is 18.2 Å². The van der Waals surface area contributed by atoms with E-state index >= 15 is 0 Å². The zero-order valence-corrected chi connectivity index (χ0v) is 16.3. The SMILES string of the molecule is C[C@@H]1CCC[C@@H](C)N1C(=O)COC(=O)CNC(=O)c1ccc(Cl)c(Cl)c1. The molecule has 1 heterocycles. The number of piperidine rings is 1. The largest absolute Gasteiger partial charge is 0.454 e. The Hall–Kier alpha value is -1.79. The summed E-state index contributed by atoms with van der Waals surface area (Å²) in [5, 5.41) is 3.01. The van der Waals surface area contributed by atoms with Crippen molar-refractivity contribution < 1.29 is 19.1 Å². The number of benzene rings is 1. The topological polar surface area (TPSA) is 75.7 Å². The molecule has 1 aliphatic heterocycles. The summed E-state index contributed by atoms with van der Waals surface area (Å²) in [6.07, 6.45) is 2.99. The summed E-state index contributed by atoms with van der Waals surface area (Å²) >= 11 is 11.7. The van der Waals surface area contributed by atoms with Crippen LogP contribution in [0, 0.1) is 0 Å². The predicted molar refractivity (Wildman–Crippen MR) is 99.4 cm³/mol. The van der Waals surface area contributed by atoms with E-state index in [1.165, 1.54) is 18.2 Å². The maximum atomic E-state index is 12.3. The van der Waals surface area contributed by atoms with E-state index in [0.29, 0.717) is 5.02 Å². The molecule has 0 saturated carbocycles. The van der Waals surface area contributed by atoms with Gasteiger partial charge < -0.3 is 15.0 Å². The highest BCUT2D eigenvalue weighted by molar-refractivity contribution is 6.42. The van der Waals surface area contributed by atoms with E-state index < -0.39 is 11.9 Å². The zero-order chi connectivity index (χ0) is 19.3. The van der Waals surface area contributed by atoms with Crippen molar-refractivity contribution in [2.75, 3.05) is 13.2 Å². The van der Waals surface area contributed by atoms with Crippen molar-refractivity contribution >= 4 is 41.0 Å². The zero-order valence-electron chi connectivity index (χ0n) is 14.8. The first kappa shape index (κ1) is 20.5. The average molecular weight is 401 g/mol. The Labute approximate surface area is 162 Å². The van der Waals surface area contributed by atoms with Crippen LogP contribution in [0.1, 0.15) is 43.5 Å². The second-order valence-corrected chi connectivity index (χ2v) is 7.22. The fraction of sp³-hybridized carbons (Fsp3) is 0.500. The Morgan fingerprint density at radius 2 is 1.81 bits per heavy atom. The summed E-state index contributed by atoms with van der Waals surface area (Å²) in [5.74, 6) is -1.37. The lowest BCUT2D eigenvalue weighted by Crippen LogP contribution is -2.49. The van der Waals surface area contributed by atoms with Gasteiger partial charge in [0, 0.05) is 17.6 Å². The van der Waals surface area contributed by atoms with Crippen LogP contribution in [0.4, 0.5) is 0 Å². The van der Waals surface area contributed by atoms with Crippen molar-refractivity contribution in [2.24, 2.45) is 0 Å². The minimum atomic E-state index is -0.677. The molecule has 1 aliphatic rings. The number of carbonyl (C=O) groups is 3. The monoisotopic (exact) mass is 400 g/mol. The van der Waals surface area contributed by atoms with Gasteiger partial charge in [-0.05, 0) is 51.3 Å². The molecule has 8 heteroatoms. The first-order valence-electron chi connectivity index (χ1n) is 8.49. The number of halogens is 2. The maximum absolute atomic E-state index is 12.3. The molecule has 1 saturated heterocycles. The second kappa shape index (κ2) is 9.24. The van der Waals surface area contributed by atoms with E-state index in [1.54, 1.807) is 4.90 Å². The third-order valence-corrected chi connectivity index (χ3v) is 5.15. The molecule has 1 aromatic rings. The van der Waals surface area contributed by atoms with Gasteiger partial charge in [0.05, 0.1) is 10.0 Å². The Morgan fingerprint density at radius 1 is 1.15 bits per heavy atom. The molecule has 1 N–H and O–H groups in total. The fourth-order valence-corrected chi connectivity index (χ4v) is 3.37. The molecule has 6 nitrogen and oxygen atoms in total. The predicted octanol–water partition coefficient (Wildman–Crippen LogP) is 3.06. The van der Waals surface area contributed by atoms with Gasteiger partial charge in [0.25, 0.3) is 11.8 Å². The summed E-state index contributed by atoms with van der Waals surface area (Å²) in [6.45, 7) is 3.33. The number of amides is 2. The van der Waals surface area contributed by atoms with Crippen molar-refractivity contribution in [3.63, 3.8) is 0 Å². The number of nitrogens with one attached hydrogen (secondary N) is 1. The van der Waals surface area contributed by atoms with Gasteiger partial charge in [-0.2, -0.15) is 0 Å². The van der Waals surface area contributed by atoms with Gasteiger partial charge in [0.15, 0.2) is 6.61 Å². The minimum Gasteiger partial charge on any atom is -0.454 e. The molecule has 2 atom stereocenters. The number of ether oxygens (including phenoxy) is 1. The maximum Gasteiger partial charge on any atom is 0.325 e. The lowest BCUT2D eigenvalue weighted by atomic mass is 9.97. The molecular formula is C18H22Cl2N2O4. The van der Waals surface area contributed by atoms with Crippen molar-refractivity contribution in [1.82, 2.24) is 10.2 Å². The molecule has 142 valence electrons. The van der Waals surface area contributed by atoms with Crippen LogP contribution in [0.5, 0.6) is 0 Å². The van der Waals surface area contributed by atoms with E-state index in [-0.39, 0.29) is 41.7 Å². The number of hydrogen-bond acceptors (Lipinski definition) is 4. The van der Waals surface area contributed by atoms with E-state index in [1.807, 2.05) is 13.8 Å². The summed E-state index contributed by atoms with van der Waals surface area (Å²) in [5.41, 5.74) is 0.277. The molecule has 26 heavy (non-hydrogen) atoms. The number of carbonyl (C=O) groups excluding carboxylic acids is 3. The number of nitrogens with zero attached hydrogens (tertiary/aromatic N) is 1. The van der Waals surface area contributed by atoms with Crippen LogP contribution >= 0.6 is 23.2 Å². The van der Waals surface area contributed by atoms with E-state index in [9.17, 15) is 14.4 Å².